The lowest BCUT2D eigenvalue weighted by molar-refractivity contribution is 0.603. The summed E-state index contributed by atoms with van der Waals surface area (Å²) in [6.45, 7) is 2.11. The first-order valence-electron chi connectivity index (χ1n) is 6.55. The van der Waals surface area contributed by atoms with Gasteiger partial charge < -0.3 is 5.73 Å². The summed E-state index contributed by atoms with van der Waals surface area (Å²) in [4.78, 5) is 4.36. The van der Waals surface area contributed by atoms with E-state index < -0.39 is 0 Å². The van der Waals surface area contributed by atoms with Crippen LogP contribution in [0.15, 0.2) is 47.1 Å². The lowest BCUT2D eigenvalue weighted by Gasteiger charge is -2.11. The van der Waals surface area contributed by atoms with E-state index in [2.05, 4.69) is 52.1 Å². The molecule has 0 aliphatic heterocycles. The maximum Gasteiger partial charge on any atom is 0.0419 e. The molecule has 1 aromatic heterocycles. The highest BCUT2D eigenvalue weighted by Crippen LogP contribution is 2.11. The van der Waals surface area contributed by atoms with Crippen molar-refractivity contribution < 1.29 is 0 Å². The van der Waals surface area contributed by atoms with Crippen LogP contribution in [0, 0.1) is 6.92 Å². The van der Waals surface area contributed by atoms with Gasteiger partial charge in [0.1, 0.15) is 0 Å². The number of benzene rings is 1. The number of nitrogens with two attached hydrogens (primary N) is 1. The molecule has 0 saturated carbocycles. The van der Waals surface area contributed by atoms with Crippen LogP contribution in [0.5, 0.6) is 0 Å². The van der Waals surface area contributed by atoms with E-state index in [1.807, 2.05) is 18.3 Å². The van der Waals surface area contributed by atoms with Crippen molar-refractivity contribution in [2.75, 3.05) is 0 Å². The van der Waals surface area contributed by atoms with E-state index >= 15 is 0 Å². The third-order valence-corrected chi connectivity index (χ3v) is 3.65. The molecule has 100 valence electrons. The lowest BCUT2D eigenvalue weighted by atomic mass is 10.0. The fourth-order valence-corrected chi connectivity index (χ4v) is 2.24. The van der Waals surface area contributed by atoms with Gasteiger partial charge in [0.25, 0.3) is 0 Å². The van der Waals surface area contributed by atoms with E-state index in [0.717, 1.165) is 29.4 Å². The first kappa shape index (κ1) is 14.2. The van der Waals surface area contributed by atoms with Crippen LogP contribution in [-0.4, -0.2) is 11.0 Å². The molecule has 1 heterocycles. The van der Waals surface area contributed by atoms with Crippen LogP contribution in [0.3, 0.4) is 0 Å². The third-order valence-electron chi connectivity index (χ3n) is 3.18. The standard InChI is InChI=1S/C16H19BrN2/c1-12-2-4-13(5-3-12)6-8-15(18)10-16-9-7-14(17)11-19-16/h2-5,7,9,11,15H,6,8,10,18H2,1H3. The predicted molar refractivity (Wildman–Crippen MR) is 83.1 cm³/mol. The van der Waals surface area contributed by atoms with Gasteiger partial charge in [0, 0.05) is 28.8 Å². The molecule has 1 atom stereocenters. The lowest BCUT2D eigenvalue weighted by Crippen LogP contribution is -2.24. The predicted octanol–water partition coefficient (Wildman–Crippen LogP) is 3.66. The van der Waals surface area contributed by atoms with E-state index in [4.69, 9.17) is 5.73 Å². The SMILES string of the molecule is Cc1ccc(CCC(N)Cc2ccc(Br)cn2)cc1. The highest BCUT2D eigenvalue weighted by molar-refractivity contribution is 9.10. The van der Waals surface area contributed by atoms with Crippen molar-refractivity contribution in [2.45, 2.75) is 32.2 Å². The number of halogens is 1. The molecular formula is C16H19BrN2. The smallest absolute Gasteiger partial charge is 0.0419 e. The van der Waals surface area contributed by atoms with E-state index in [-0.39, 0.29) is 6.04 Å². The summed E-state index contributed by atoms with van der Waals surface area (Å²) < 4.78 is 1.00. The Morgan fingerprint density at radius 1 is 1.16 bits per heavy atom. The van der Waals surface area contributed by atoms with Crippen molar-refractivity contribution in [3.05, 3.63) is 63.9 Å². The van der Waals surface area contributed by atoms with Crippen LogP contribution in [-0.2, 0) is 12.8 Å². The third kappa shape index (κ3) is 4.77. The summed E-state index contributed by atoms with van der Waals surface area (Å²) >= 11 is 3.39. The molecule has 0 bridgehead atoms. The van der Waals surface area contributed by atoms with Crippen LogP contribution in [0.2, 0.25) is 0 Å². The molecule has 0 aliphatic rings. The zero-order chi connectivity index (χ0) is 13.7. The minimum Gasteiger partial charge on any atom is -0.327 e. The number of rotatable bonds is 5. The van der Waals surface area contributed by atoms with Crippen LogP contribution >= 0.6 is 15.9 Å². The fourth-order valence-electron chi connectivity index (χ4n) is 2.00. The average Bonchev–Trinajstić information content (AvgIpc) is 2.41. The molecular weight excluding hydrogens is 300 g/mol. The van der Waals surface area contributed by atoms with Crippen LogP contribution in [0.1, 0.15) is 23.2 Å². The molecule has 0 saturated heterocycles. The van der Waals surface area contributed by atoms with Gasteiger partial charge in [0.2, 0.25) is 0 Å². The van der Waals surface area contributed by atoms with Gasteiger partial charge in [0.15, 0.2) is 0 Å². The van der Waals surface area contributed by atoms with Gasteiger partial charge in [-0.25, -0.2) is 0 Å². The Bertz CT molecular complexity index is 505. The summed E-state index contributed by atoms with van der Waals surface area (Å²) in [5.74, 6) is 0. The van der Waals surface area contributed by atoms with Gasteiger partial charge in [-0.3, -0.25) is 4.98 Å². The van der Waals surface area contributed by atoms with Gasteiger partial charge in [-0.05, 0) is 53.4 Å². The minimum absolute atomic E-state index is 0.162. The Morgan fingerprint density at radius 3 is 2.53 bits per heavy atom. The van der Waals surface area contributed by atoms with E-state index in [1.165, 1.54) is 11.1 Å². The van der Waals surface area contributed by atoms with Gasteiger partial charge >= 0.3 is 0 Å². The zero-order valence-electron chi connectivity index (χ0n) is 11.1. The van der Waals surface area contributed by atoms with Crippen LogP contribution in [0.25, 0.3) is 0 Å². The van der Waals surface area contributed by atoms with Gasteiger partial charge in [0.05, 0.1) is 0 Å². The molecule has 1 unspecified atom stereocenters. The van der Waals surface area contributed by atoms with Gasteiger partial charge in [-0.2, -0.15) is 0 Å². The maximum absolute atomic E-state index is 6.17. The Kier molecular flexibility index (Phi) is 5.11. The van der Waals surface area contributed by atoms with Crippen molar-refractivity contribution >= 4 is 15.9 Å². The first-order valence-corrected chi connectivity index (χ1v) is 7.34. The average molecular weight is 319 g/mol. The Labute approximate surface area is 123 Å². The van der Waals surface area contributed by atoms with Crippen LogP contribution < -0.4 is 5.73 Å². The summed E-state index contributed by atoms with van der Waals surface area (Å²) in [7, 11) is 0. The van der Waals surface area contributed by atoms with E-state index in [9.17, 15) is 0 Å². The molecule has 0 spiro atoms. The van der Waals surface area contributed by atoms with E-state index in [0.29, 0.717) is 0 Å². The van der Waals surface area contributed by atoms with Gasteiger partial charge in [-0.15, -0.1) is 0 Å². The Hall–Kier alpha value is -1.19. The molecule has 0 aliphatic carbocycles. The van der Waals surface area contributed by atoms with Gasteiger partial charge in [-0.1, -0.05) is 29.8 Å². The van der Waals surface area contributed by atoms with Crippen molar-refractivity contribution in [2.24, 2.45) is 5.73 Å². The second-order valence-corrected chi connectivity index (χ2v) is 5.87. The fraction of sp³-hybridized carbons (Fsp3) is 0.312. The van der Waals surface area contributed by atoms with Crippen LogP contribution in [0.4, 0.5) is 0 Å². The number of hydrogen-bond donors (Lipinski definition) is 1. The van der Waals surface area contributed by atoms with Crippen molar-refractivity contribution in [3.8, 4) is 0 Å². The number of pyridine rings is 1. The number of aromatic nitrogens is 1. The van der Waals surface area contributed by atoms with Crippen molar-refractivity contribution in [3.63, 3.8) is 0 Å². The minimum atomic E-state index is 0.162. The normalized spacial score (nSPS) is 12.4. The topological polar surface area (TPSA) is 38.9 Å². The largest absolute Gasteiger partial charge is 0.327 e. The number of hydrogen-bond acceptors (Lipinski definition) is 2. The highest BCUT2D eigenvalue weighted by Gasteiger charge is 2.05. The molecule has 2 nitrogen and oxygen atoms in total. The summed E-state index contributed by atoms with van der Waals surface area (Å²) in [6.07, 6.45) is 4.67. The molecule has 0 fully saturated rings. The molecule has 0 amide bonds. The molecule has 0 radical (unpaired) electrons. The summed E-state index contributed by atoms with van der Waals surface area (Å²) in [6, 6.07) is 12.9. The molecule has 2 rings (SSSR count). The van der Waals surface area contributed by atoms with Crippen molar-refractivity contribution in [1.29, 1.82) is 0 Å². The molecule has 2 N–H and O–H groups in total. The molecule has 3 heteroatoms. The van der Waals surface area contributed by atoms with E-state index in [1.54, 1.807) is 0 Å². The monoisotopic (exact) mass is 318 g/mol. The van der Waals surface area contributed by atoms with Crippen molar-refractivity contribution in [1.82, 2.24) is 4.98 Å². The second kappa shape index (κ2) is 6.83. The first-order chi connectivity index (χ1) is 9.13. The Morgan fingerprint density at radius 2 is 1.89 bits per heavy atom. The summed E-state index contributed by atoms with van der Waals surface area (Å²) in [5.41, 5.74) is 9.87. The molecule has 2 aromatic rings. The molecule has 19 heavy (non-hydrogen) atoms. The second-order valence-electron chi connectivity index (χ2n) is 4.96. The highest BCUT2D eigenvalue weighted by atomic mass is 79.9. The quantitative estimate of drug-likeness (QED) is 0.913. The molecule has 1 aromatic carbocycles. The zero-order valence-corrected chi connectivity index (χ0v) is 12.7. The maximum atomic E-state index is 6.17. The number of nitrogens with zero attached hydrogens (tertiary/aromatic N) is 1. The summed E-state index contributed by atoms with van der Waals surface area (Å²) in [5, 5.41) is 0. The number of aryl methyl sites for hydroxylation is 2. The Balaban J connectivity index is 1.82.